The van der Waals surface area contributed by atoms with E-state index in [0.717, 1.165) is 12.3 Å². The van der Waals surface area contributed by atoms with Crippen molar-refractivity contribution in [3.05, 3.63) is 251 Å². The van der Waals surface area contributed by atoms with Gasteiger partial charge in [-0.1, -0.05) is 206 Å². The zero-order chi connectivity index (χ0) is 41.8. The van der Waals surface area contributed by atoms with Crippen molar-refractivity contribution in [1.82, 2.24) is 0 Å². The van der Waals surface area contributed by atoms with Gasteiger partial charge < -0.3 is 0 Å². The zero-order valence-corrected chi connectivity index (χ0v) is 37.9. The Hall–Kier alpha value is -5.38. The first kappa shape index (κ1) is 40.7. The Kier molecular flexibility index (Phi) is 12.2. The second kappa shape index (κ2) is 18.5. The molecule has 0 bridgehead atoms. The minimum absolute atomic E-state index is 0.316. The molecule has 62 heavy (non-hydrogen) atoms. The van der Waals surface area contributed by atoms with E-state index >= 15 is 0 Å². The molecular weight excluding hydrogens is 783 g/mol. The normalized spacial score (nSPS) is 20.9. The Labute approximate surface area is 372 Å². The lowest BCUT2D eigenvalue weighted by Gasteiger charge is -2.27. The van der Waals surface area contributed by atoms with E-state index in [-0.39, 0.29) is 15.8 Å². The molecule has 2 aliphatic heterocycles. The number of hydrogen-bond acceptors (Lipinski definition) is 0. The average Bonchev–Trinajstić information content (AvgIpc) is 3.96. The van der Waals surface area contributed by atoms with Crippen LogP contribution in [0, 0.1) is 13.8 Å². The summed E-state index contributed by atoms with van der Waals surface area (Å²) >= 11 is 0. The zero-order valence-electron chi connectivity index (χ0n) is 36.1. The molecule has 4 atom stereocenters. The van der Waals surface area contributed by atoms with Crippen molar-refractivity contribution in [3.8, 4) is 33.4 Å². The summed E-state index contributed by atoms with van der Waals surface area (Å²) in [5.41, 5.74) is 20.3. The van der Waals surface area contributed by atoms with Gasteiger partial charge in [-0.05, 0) is 152 Å². The molecule has 2 heterocycles. The Balaban J connectivity index is 1.12. The van der Waals surface area contributed by atoms with Crippen LogP contribution in [0.5, 0.6) is 0 Å². The first-order chi connectivity index (χ1) is 30.6. The van der Waals surface area contributed by atoms with E-state index in [1.165, 1.54) is 91.4 Å². The maximum Gasteiger partial charge on any atom is -0.00503 e. The smallest absolute Gasteiger partial charge is 0.00503 e. The van der Waals surface area contributed by atoms with E-state index < -0.39 is 0 Å². The molecular formula is C60H56P2. The van der Waals surface area contributed by atoms with Gasteiger partial charge >= 0.3 is 0 Å². The fraction of sp³-hybridized carbons (Fsp3) is 0.200. The Morgan fingerprint density at radius 3 is 0.855 bits per heavy atom. The summed E-state index contributed by atoms with van der Waals surface area (Å²) in [6.07, 6.45) is 7.26. The Bertz CT molecular complexity index is 2430. The predicted molar refractivity (Wildman–Crippen MR) is 270 cm³/mol. The van der Waals surface area contributed by atoms with Gasteiger partial charge in [0, 0.05) is 0 Å². The van der Waals surface area contributed by atoms with E-state index in [4.69, 9.17) is 0 Å². The SMILES string of the molecule is Cc1ccc(-c2ccccc2)c(CP2CC(c3ccccc3)C(c3ccccc3)C2)c1-c1c(C)ccc(-c2ccccc2)c1CP1CC(c2ccccc2)C(c2ccccc2)C1. The van der Waals surface area contributed by atoms with Crippen LogP contribution in [-0.4, -0.2) is 24.6 Å². The predicted octanol–water partition coefficient (Wildman–Crippen LogP) is 16.4. The van der Waals surface area contributed by atoms with Crippen LogP contribution >= 0.6 is 15.8 Å². The molecule has 10 rings (SSSR count). The van der Waals surface area contributed by atoms with Gasteiger partial charge in [0.2, 0.25) is 0 Å². The summed E-state index contributed by atoms with van der Waals surface area (Å²) in [7, 11) is -0.632. The quantitative estimate of drug-likeness (QED) is 0.114. The molecule has 0 aromatic heterocycles. The summed E-state index contributed by atoms with van der Waals surface area (Å²) in [4.78, 5) is 0. The van der Waals surface area contributed by atoms with Crippen LogP contribution in [0.2, 0.25) is 0 Å². The molecule has 2 fully saturated rings. The molecule has 8 aromatic rings. The monoisotopic (exact) mass is 838 g/mol. The van der Waals surface area contributed by atoms with Gasteiger partial charge in [-0.2, -0.15) is 0 Å². The van der Waals surface area contributed by atoms with Gasteiger partial charge in [-0.25, -0.2) is 0 Å². The third-order valence-electron chi connectivity index (χ3n) is 13.9. The molecule has 2 aliphatic rings. The topological polar surface area (TPSA) is 0 Å². The lowest BCUT2D eigenvalue weighted by Crippen LogP contribution is -2.08. The van der Waals surface area contributed by atoms with E-state index in [1.807, 2.05) is 0 Å². The van der Waals surface area contributed by atoms with Crippen molar-refractivity contribution in [1.29, 1.82) is 0 Å². The lowest BCUT2D eigenvalue weighted by atomic mass is 9.83. The van der Waals surface area contributed by atoms with Gasteiger partial charge in [0.1, 0.15) is 0 Å². The minimum Gasteiger partial charge on any atom is -0.101 e. The molecule has 4 unspecified atom stereocenters. The van der Waals surface area contributed by atoms with E-state index in [1.54, 1.807) is 11.1 Å². The molecule has 0 amide bonds. The van der Waals surface area contributed by atoms with Gasteiger partial charge in [-0.15, -0.1) is 15.8 Å². The number of hydrogen-bond donors (Lipinski definition) is 0. The molecule has 8 aromatic carbocycles. The second-order valence-corrected chi connectivity index (χ2v) is 22.5. The highest BCUT2D eigenvalue weighted by Crippen LogP contribution is 2.62. The number of rotatable bonds is 11. The van der Waals surface area contributed by atoms with E-state index in [9.17, 15) is 0 Å². The highest BCUT2D eigenvalue weighted by Gasteiger charge is 2.39. The summed E-state index contributed by atoms with van der Waals surface area (Å²) in [5.74, 6) is 2.10. The molecule has 0 radical (unpaired) electrons. The van der Waals surface area contributed by atoms with Crippen molar-refractivity contribution in [2.45, 2.75) is 49.8 Å². The first-order valence-electron chi connectivity index (χ1n) is 22.6. The van der Waals surface area contributed by atoms with E-state index in [2.05, 4.69) is 220 Å². The Morgan fingerprint density at radius 1 is 0.323 bits per heavy atom. The van der Waals surface area contributed by atoms with Crippen LogP contribution in [-0.2, 0) is 12.3 Å². The van der Waals surface area contributed by atoms with Crippen LogP contribution in [0.1, 0.15) is 68.2 Å². The number of benzene rings is 8. The Morgan fingerprint density at radius 2 is 0.581 bits per heavy atom. The van der Waals surface area contributed by atoms with Crippen molar-refractivity contribution in [2.75, 3.05) is 24.6 Å². The maximum absolute atomic E-state index is 2.45. The van der Waals surface area contributed by atoms with Crippen molar-refractivity contribution in [2.24, 2.45) is 0 Å². The first-order valence-corrected chi connectivity index (χ1v) is 26.4. The van der Waals surface area contributed by atoms with Gasteiger partial charge in [-0.3, -0.25) is 0 Å². The van der Waals surface area contributed by atoms with Gasteiger partial charge in [0.25, 0.3) is 0 Å². The molecule has 306 valence electrons. The van der Waals surface area contributed by atoms with Crippen molar-refractivity contribution in [3.63, 3.8) is 0 Å². The largest absolute Gasteiger partial charge is 0.101 e. The van der Waals surface area contributed by atoms with Crippen LogP contribution in [0.3, 0.4) is 0 Å². The fourth-order valence-electron chi connectivity index (χ4n) is 11.0. The molecule has 0 saturated carbocycles. The minimum atomic E-state index is -0.316. The average molecular weight is 839 g/mol. The molecule has 0 spiro atoms. The fourth-order valence-corrected chi connectivity index (χ4v) is 17.4. The standard InChI is InChI=1S/C60H56P2/c1-43-33-35-51(45-21-9-3-10-22-45)57(41-61-37-53(47-25-13-5-14-26-47)54(38-61)48-27-15-6-16-28-48)59(43)60-44(2)34-36-52(46-23-11-4-12-24-46)58(60)42-62-39-55(49-29-17-7-18-30-49)56(40-62)50-31-19-8-20-32-50/h3-36,53-56H,37-42H2,1-2H3. The molecule has 2 saturated heterocycles. The van der Waals surface area contributed by atoms with Crippen molar-refractivity contribution < 1.29 is 0 Å². The number of aryl methyl sites for hydroxylation is 2. The maximum atomic E-state index is 2.45. The highest BCUT2D eigenvalue weighted by atomic mass is 31.1. The summed E-state index contributed by atoms with van der Waals surface area (Å²) < 4.78 is 0. The lowest BCUT2D eigenvalue weighted by molar-refractivity contribution is 0.666. The van der Waals surface area contributed by atoms with Crippen LogP contribution in [0.15, 0.2) is 206 Å². The molecule has 0 nitrogen and oxygen atoms in total. The van der Waals surface area contributed by atoms with Crippen LogP contribution in [0.25, 0.3) is 33.4 Å². The summed E-state index contributed by atoms with van der Waals surface area (Å²) in [6.45, 7) is 4.79. The molecule has 2 heteroatoms. The second-order valence-electron chi connectivity index (χ2n) is 17.8. The third kappa shape index (κ3) is 8.41. The van der Waals surface area contributed by atoms with Crippen LogP contribution < -0.4 is 0 Å². The summed E-state index contributed by atoms with van der Waals surface area (Å²) in [5, 5.41) is 0. The highest BCUT2D eigenvalue weighted by molar-refractivity contribution is 7.57. The molecule has 0 N–H and O–H groups in total. The van der Waals surface area contributed by atoms with Crippen molar-refractivity contribution >= 4 is 15.8 Å². The molecule has 0 aliphatic carbocycles. The van der Waals surface area contributed by atoms with E-state index in [0.29, 0.717) is 23.7 Å². The van der Waals surface area contributed by atoms with Gasteiger partial charge in [0.05, 0.1) is 0 Å². The van der Waals surface area contributed by atoms with Crippen LogP contribution in [0.4, 0.5) is 0 Å². The third-order valence-corrected chi connectivity index (χ3v) is 19.1. The van der Waals surface area contributed by atoms with Gasteiger partial charge in [0.15, 0.2) is 0 Å². The summed E-state index contributed by atoms with van der Waals surface area (Å²) in [6, 6.07) is 78.0.